The van der Waals surface area contributed by atoms with Crippen molar-refractivity contribution in [2.24, 2.45) is 0 Å². The number of ether oxygens (including phenoxy) is 2. The number of halogens is 1. The number of nitrogens with one attached hydrogen (secondary N) is 1. The molecule has 144 valence electrons. The number of aromatic nitrogens is 1. The van der Waals surface area contributed by atoms with E-state index in [1.807, 2.05) is 41.4 Å². The zero-order valence-corrected chi connectivity index (χ0v) is 16.3. The molecule has 0 bridgehead atoms. The molecule has 3 aromatic rings. The second-order valence-electron chi connectivity index (χ2n) is 6.65. The predicted molar refractivity (Wildman–Crippen MR) is 111 cm³/mol. The van der Waals surface area contributed by atoms with Crippen LogP contribution in [-0.2, 0) is 4.79 Å². The molecule has 0 spiro atoms. The molecule has 0 unspecified atom stereocenters. The molecule has 28 heavy (non-hydrogen) atoms. The zero-order valence-electron chi connectivity index (χ0n) is 15.6. The highest BCUT2D eigenvalue weighted by Crippen LogP contribution is 2.32. The lowest BCUT2D eigenvalue weighted by Gasteiger charge is -2.26. The Kier molecular flexibility index (Phi) is 5.26. The van der Waals surface area contributed by atoms with Gasteiger partial charge in [0.1, 0.15) is 11.5 Å². The largest absolute Gasteiger partial charge is 0.497 e. The van der Waals surface area contributed by atoms with E-state index in [0.717, 1.165) is 22.9 Å². The molecule has 0 atom stereocenters. The lowest BCUT2D eigenvalue weighted by atomic mass is 9.99. The monoisotopic (exact) mass is 396 g/mol. The molecule has 4 rings (SSSR count). The Morgan fingerprint density at radius 2 is 2.04 bits per heavy atom. The summed E-state index contributed by atoms with van der Waals surface area (Å²) in [4.78, 5) is 17.6. The van der Waals surface area contributed by atoms with E-state index in [1.54, 1.807) is 13.2 Å². The van der Waals surface area contributed by atoms with Crippen LogP contribution in [0.5, 0.6) is 11.5 Å². The van der Waals surface area contributed by atoms with Crippen LogP contribution in [0.3, 0.4) is 0 Å². The Bertz CT molecular complexity index is 1040. The van der Waals surface area contributed by atoms with Crippen molar-refractivity contribution in [1.82, 2.24) is 9.88 Å². The summed E-state index contributed by atoms with van der Waals surface area (Å²) >= 11 is 6.25. The quantitative estimate of drug-likeness (QED) is 0.689. The third-order valence-electron chi connectivity index (χ3n) is 4.98. The van der Waals surface area contributed by atoms with Gasteiger partial charge >= 0.3 is 0 Å². The second kappa shape index (κ2) is 7.98. The SMILES string of the molecule is COc1cccc(OCC(=O)N2CC=C(c3c[nH]c4c(Cl)cccc34)CC2)c1. The molecule has 1 N–H and O–H groups in total. The Hall–Kier alpha value is -2.92. The van der Waals surface area contributed by atoms with Crippen molar-refractivity contribution in [3.8, 4) is 11.5 Å². The average Bonchev–Trinajstić information content (AvgIpc) is 3.18. The van der Waals surface area contributed by atoms with Gasteiger partial charge in [0.25, 0.3) is 5.91 Å². The number of fused-ring (bicyclic) bond motifs is 1. The number of carbonyl (C=O) groups is 1. The summed E-state index contributed by atoms with van der Waals surface area (Å²) in [6.45, 7) is 1.25. The Morgan fingerprint density at radius 3 is 2.82 bits per heavy atom. The van der Waals surface area contributed by atoms with Gasteiger partial charge in [-0.1, -0.05) is 35.9 Å². The van der Waals surface area contributed by atoms with Gasteiger partial charge in [-0.3, -0.25) is 4.79 Å². The van der Waals surface area contributed by atoms with E-state index in [-0.39, 0.29) is 12.5 Å². The van der Waals surface area contributed by atoms with Crippen LogP contribution < -0.4 is 9.47 Å². The van der Waals surface area contributed by atoms with Crippen molar-refractivity contribution in [1.29, 1.82) is 0 Å². The summed E-state index contributed by atoms with van der Waals surface area (Å²) in [5, 5.41) is 1.83. The van der Waals surface area contributed by atoms with Gasteiger partial charge in [0.15, 0.2) is 6.61 Å². The lowest BCUT2D eigenvalue weighted by molar-refractivity contribution is -0.132. The van der Waals surface area contributed by atoms with Crippen molar-refractivity contribution in [3.63, 3.8) is 0 Å². The molecule has 0 saturated heterocycles. The molecule has 1 aromatic heterocycles. The third-order valence-corrected chi connectivity index (χ3v) is 5.29. The molecule has 2 aromatic carbocycles. The van der Waals surface area contributed by atoms with Gasteiger partial charge in [0, 0.05) is 36.3 Å². The van der Waals surface area contributed by atoms with Crippen LogP contribution in [0.25, 0.3) is 16.5 Å². The van der Waals surface area contributed by atoms with E-state index in [4.69, 9.17) is 21.1 Å². The minimum atomic E-state index is -0.0277. The summed E-state index contributed by atoms with van der Waals surface area (Å²) in [6, 6.07) is 13.1. The zero-order chi connectivity index (χ0) is 19.5. The van der Waals surface area contributed by atoms with Crippen molar-refractivity contribution >= 4 is 34.0 Å². The number of rotatable bonds is 5. The van der Waals surface area contributed by atoms with E-state index in [0.29, 0.717) is 29.6 Å². The Balaban J connectivity index is 1.40. The summed E-state index contributed by atoms with van der Waals surface area (Å²) in [5.41, 5.74) is 3.33. The highest BCUT2D eigenvalue weighted by atomic mass is 35.5. The van der Waals surface area contributed by atoms with E-state index >= 15 is 0 Å². The molecule has 0 aliphatic carbocycles. The number of carbonyl (C=O) groups excluding carboxylic acids is 1. The maximum Gasteiger partial charge on any atom is 0.260 e. The maximum absolute atomic E-state index is 12.5. The highest BCUT2D eigenvalue weighted by Gasteiger charge is 2.20. The molecule has 5 nitrogen and oxygen atoms in total. The molecular formula is C22H21ClN2O3. The summed E-state index contributed by atoms with van der Waals surface area (Å²) in [5.74, 6) is 1.30. The van der Waals surface area contributed by atoms with Crippen LogP contribution in [-0.4, -0.2) is 42.6 Å². The minimum absolute atomic E-state index is 0.0129. The molecule has 0 fully saturated rings. The van der Waals surface area contributed by atoms with Crippen molar-refractivity contribution in [2.45, 2.75) is 6.42 Å². The van der Waals surface area contributed by atoms with Crippen molar-refractivity contribution < 1.29 is 14.3 Å². The lowest BCUT2D eigenvalue weighted by Crippen LogP contribution is -2.37. The first-order chi connectivity index (χ1) is 13.7. The van der Waals surface area contributed by atoms with Crippen LogP contribution in [0.4, 0.5) is 0 Å². The number of hydrogen-bond donors (Lipinski definition) is 1. The number of benzene rings is 2. The summed E-state index contributed by atoms with van der Waals surface area (Å²) < 4.78 is 10.8. The van der Waals surface area contributed by atoms with Crippen molar-refractivity contribution in [2.75, 3.05) is 26.8 Å². The van der Waals surface area contributed by atoms with E-state index in [9.17, 15) is 4.79 Å². The summed E-state index contributed by atoms with van der Waals surface area (Å²) in [7, 11) is 1.60. The van der Waals surface area contributed by atoms with Gasteiger partial charge in [-0.15, -0.1) is 0 Å². The first-order valence-electron chi connectivity index (χ1n) is 9.15. The molecule has 6 heteroatoms. The predicted octanol–water partition coefficient (Wildman–Crippen LogP) is 4.52. The van der Waals surface area contributed by atoms with Crippen LogP contribution in [0, 0.1) is 0 Å². The van der Waals surface area contributed by atoms with Gasteiger partial charge in [-0.2, -0.15) is 0 Å². The Morgan fingerprint density at radius 1 is 1.21 bits per heavy atom. The van der Waals surface area contributed by atoms with Crippen LogP contribution >= 0.6 is 11.6 Å². The molecule has 2 heterocycles. The molecule has 1 amide bonds. The fourth-order valence-corrected chi connectivity index (χ4v) is 3.68. The van der Waals surface area contributed by atoms with Gasteiger partial charge < -0.3 is 19.4 Å². The highest BCUT2D eigenvalue weighted by molar-refractivity contribution is 6.35. The van der Waals surface area contributed by atoms with Crippen LogP contribution in [0.2, 0.25) is 5.02 Å². The molecule has 0 radical (unpaired) electrons. The number of hydrogen-bond acceptors (Lipinski definition) is 3. The molecule has 1 aliphatic rings. The average molecular weight is 397 g/mol. The fraction of sp³-hybridized carbons (Fsp3) is 0.227. The molecule has 0 saturated carbocycles. The van der Waals surface area contributed by atoms with Gasteiger partial charge in [-0.05, 0) is 30.2 Å². The van der Waals surface area contributed by atoms with Crippen molar-refractivity contribution in [3.05, 3.63) is 65.3 Å². The van der Waals surface area contributed by atoms with Gasteiger partial charge in [0.05, 0.1) is 17.6 Å². The van der Waals surface area contributed by atoms with Crippen LogP contribution in [0.15, 0.2) is 54.7 Å². The topological polar surface area (TPSA) is 54.6 Å². The minimum Gasteiger partial charge on any atom is -0.497 e. The first-order valence-corrected chi connectivity index (χ1v) is 9.53. The smallest absolute Gasteiger partial charge is 0.260 e. The van der Waals surface area contributed by atoms with E-state index < -0.39 is 0 Å². The number of H-pyrrole nitrogens is 1. The number of nitrogens with zero attached hydrogens (tertiary/aromatic N) is 1. The number of methoxy groups -OCH3 is 1. The normalized spacial score (nSPS) is 14.1. The molecular weight excluding hydrogens is 376 g/mol. The number of amides is 1. The summed E-state index contributed by atoms with van der Waals surface area (Å²) in [6.07, 6.45) is 4.90. The third kappa shape index (κ3) is 3.71. The molecule has 1 aliphatic heterocycles. The first kappa shape index (κ1) is 18.4. The number of para-hydroxylation sites is 1. The van der Waals surface area contributed by atoms with E-state index in [1.165, 1.54) is 5.57 Å². The van der Waals surface area contributed by atoms with Crippen LogP contribution in [0.1, 0.15) is 12.0 Å². The number of aromatic amines is 1. The van der Waals surface area contributed by atoms with Gasteiger partial charge in [0.2, 0.25) is 0 Å². The maximum atomic E-state index is 12.5. The fourth-order valence-electron chi connectivity index (χ4n) is 3.45. The van der Waals surface area contributed by atoms with E-state index in [2.05, 4.69) is 17.1 Å². The standard InChI is InChI=1S/C22H21ClN2O3/c1-27-16-4-2-5-17(12-16)28-14-21(26)25-10-8-15(9-11-25)19-13-24-22-18(19)6-3-7-20(22)23/h2-8,12-13,24H,9-11,14H2,1H3. The Labute approximate surface area is 168 Å². The van der Waals surface area contributed by atoms with Gasteiger partial charge in [-0.25, -0.2) is 0 Å². The second-order valence-corrected chi connectivity index (χ2v) is 7.06.